The fourth-order valence-corrected chi connectivity index (χ4v) is 2.73. The molecule has 0 spiro atoms. The van der Waals surface area contributed by atoms with E-state index in [9.17, 15) is 4.79 Å². The summed E-state index contributed by atoms with van der Waals surface area (Å²) in [5.74, 6) is 1.49. The van der Waals surface area contributed by atoms with E-state index in [1.54, 1.807) is 6.07 Å². The monoisotopic (exact) mass is 276 g/mol. The Balaban J connectivity index is 1.70. The van der Waals surface area contributed by atoms with E-state index in [0.717, 1.165) is 6.54 Å². The molecule has 1 aromatic carbocycles. The normalized spacial score (nSPS) is 15.2. The summed E-state index contributed by atoms with van der Waals surface area (Å²) in [6.07, 6.45) is 5.53. The van der Waals surface area contributed by atoms with Crippen LogP contribution >= 0.6 is 0 Å². The molecule has 110 valence electrons. The van der Waals surface area contributed by atoms with Crippen LogP contribution in [0.1, 0.15) is 32.1 Å². The second kappa shape index (κ2) is 7.17. The molecule has 0 bridgehead atoms. The lowest BCUT2D eigenvalue weighted by Crippen LogP contribution is -2.32. The molecule has 0 aromatic heterocycles. The van der Waals surface area contributed by atoms with E-state index in [4.69, 9.17) is 10.5 Å². The lowest BCUT2D eigenvalue weighted by atomic mass is 10.1. The maximum atomic E-state index is 12.0. The lowest BCUT2D eigenvalue weighted by Gasteiger charge is -2.21. The SMILES string of the molecule is CN(CC1CCCC1)C(=O)CCOc1ccccc1N. The van der Waals surface area contributed by atoms with Gasteiger partial charge in [-0.15, -0.1) is 0 Å². The van der Waals surface area contributed by atoms with Crippen LogP contribution in [0.3, 0.4) is 0 Å². The van der Waals surface area contributed by atoms with Crippen LogP contribution in [0.25, 0.3) is 0 Å². The number of para-hydroxylation sites is 2. The Kier molecular flexibility index (Phi) is 5.27. The molecule has 0 aliphatic heterocycles. The van der Waals surface area contributed by atoms with Crippen molar-refractivity contribution in [1.82, 2.24) is 4.90 Å². The zero-order valence-corrected chi connectivity index (χ0v) is 12.2. The van der Waals surface area contributed by atoms with Crippen molar-refractivity contribution in [2.24, 2.45) is 5.92 Å². The minimum Gasteiger partial charge on any atom is -0.491 e. The third kappa shape index (κ3) is 4.15. The number of hydrogen-bond acceptors (Lipinski definition) is 3. The molecular weight excluding hydrogens is 252 g/mol. The average molecular weight is 276 g/mol. The fourth-order valence-electron chi connectivity index (χ4n) is 2.73. The van der Waals surface area contributed by atoms with Gasteiger partial charge in [-0.3, -0.25) is 4.79 Å². The van der Waals surface area contributed by atoms with Crippen molar-refractivity contribution in [2.75, 3.05) is 25.9 Å². The number of carbonyl (C=O) groups excluding carboxylic acids is 1. The smallest absolute Gasteiger partial charge is 0.225 e. The van der Waals surface area contributed by atoms with E-state index < -0.39 is 0 Å². The van der Waals surface area contributed by atoms with Crippen LogP contribution in [0.15, 0.2) is 24.3 Å². The molecule has 1 aliphatic carbocycles. The van der Waals surface area contributed by atoms with Gasteiger partial charge in [-0.05, 0) is 30.9 Å². The largest absolute Gasteiger partial charge is 0.491 e. The summed E-state index contributed by atoms with van der Waals surface area (Å²) in [6.45, 7) is 1.26. The predicted molar refractivity (Wildman–Crippen MR) is 80.6 cm³/mol. The van der Waals surface area contributed by atoms with Crippen LogP contribution in [0.5, 0.6) is 5.75 Å². The second-order valence-corrected chi connectivity index (χ2v) is 5.56. The number of hydrogen-bond donors (Lipinski definition) is 1. The van der Waals surface area contributed by atoms with Gasteiger partial charge in [0, 0.05) is 13.6 Å². The molecule has 1 saturated carbocycles. The van der Waals surface area contributed by atoms with Gasteiger partial charge >= 0.3 is 0 Å². The number of nitrogens with zero attached hydrogens (tertiary/aromatic N) is 1. The molecule has 20 heavy (non-hydrogen) atoms. The highest BCUT2D eigenvalue weighted by atomic mass is 16.5. The Morgan fingerprint density at radius 3 is 2.75 bits per heavy atom. The highest BCUT2D eigenvalue weighted by molar-refractivity contribution is 5.76. The van der Waals surface area contributed by atoms with Gasteiger partial charge in [-0.1, -0.05) is 25.0 Å². The molecule has 4 heteroatoms. The van der Waals surface area contributed by atoms with E-state index >= 15 is 0 Å². The van der Waals surface area contributed by atoms with Gasteiger partial charge in [0.2, 0.25) is 5.91 Å². The van der Waals surface area contributed by atoms with Crippen molar-refractivity contribution in [3.05, 3.63) is 24.3 Å². The zero-order chi connectivity index (χ0) is 14.4. The van der Waals surface area contributed by atoms with Gasteiger partial charge in [-0.25, -0.2) is 0 Å². The number of nitrogens with two attached hydrogens (primary N) is 1. The number of amides is 1. The summed E-state index contributed by atoms with van der Waals surface area (Å²) in [5, 5.41) is 0. The fraction of sp³-hybridized carbons (Fsp3) is 0.562. The number of benzene rings is 1. The topological polar surface area (TPSA) is 55.6 Å². The molecule has 2 rings (SSSR count). The Morgan fingerprint density at radius 2 is 2.05 bits per heavy atom. The van der Waals surface area contributed by atoms with Crippen molar-refractivity contribution in [3.63, 3.8) is 0 Å². The van der Waals surface area contributed by atoms with Crippen molar-refractivity contribution in [3.8, 4) is 5.75 Å². The summed E-state index contributed by atoms with van der Waals surface area (Å²) in [4.78, 5) is 13.9. The van der Waals surface area contributed by atoms with Crippen molar-refractivity contribution in [2.45, 2.75) is 32.1 Å². The minimum absolute atomic E-state index is 0.145. The predicted octanol–water partition coefficient (Wildman–Crippen LogP) is 2.69. The molecule has 0 radical (unpaired) electrons. The van der Waals surface area contributed by atoms with Gasteiger partial charge in [0.05, 0.1) is 18.7 Å². The van der Waals surface area contributed by atoms with Crippen LogP contribution in [0.4, 0.5) is 5.69 Å². The van der Waals surface area contributed by atoms with Crippen LogP contribution in [0, 0.1) is 5.92 Å². The summed E-state index contributed by atoms with van der Waals surface area (Å²) < 4.78 is 5.56. The molecule has 4 nitrogen and oxygen atoms in total. The summed E-state index contributed by atoms with van der Waals surface area (Å²) in [7, 11) is 1.89. The molecule has 1 fully saturated rings. The lowest BCUT2D eigenvalue weighted by molar-refractivity contribution is -0.130. The molecule has 2 N–H and O–H groups in total. The molecule has 1 aliphatic rings. The summed E-state index contributed by atoms with van der Waals surface area (Å²) >= 11 is 0. The van der Waals surface area contributed by atoms with E-state index in [1.165, 1.54) is 25.7 Å². The Hall–Kier alpha value is -1.71. The molecule has 0 heterocycles. The zero-order valence-electron chi connectivity index (χ0n) is 12.2. The first-order valence-electron chi connectivity index (χ1n) is 7.38. The van der Waals surface area contributed by atoms with Gasteiger partial charge in [0.15, 0.2) is 0 Å². The van der Waals surface area contributed by atoms with Crippen molar-refractivity contribution in [1.29, 1.82) is 0 Å². The average Bonchev–Trinajstić information content (AvgIpc) is 2.93. The van der Waals surface area contributed by atoms with Crippen molar-refractivity contribution >= 4 is 11.6 Å². The van der Waals surface area contributed by atoms with Gasteiger partial charge in [0.25, 0.3) is 0 Å². The number of carbonyl (C=O) groups is 1. The Bertz CT molecular complexity index is 442. The molecular formula is C16H24N2O2. The second-order valence-electron chi connectivity index (χ2n) is 5.56. The van der Waals surface area contributed by atoms with Crippen molar-refractivity contribution < 1.29 is 9.53 Å². The van der Waals surface area contributed by atoms with Gasteiger partial charge in [0.1, 0.15) is 5.75 Å². The first kappa shape index (κ1) is 14.7. The maximum Gasteiger partial charge on any atom is 0.225 e. The quantitative estimate of drug-likeness (QED) is 0.813. The Morgan fingerprint density at radius 1 is 1.35 bits per heavy atom. The number of nitrogen functional groups attached to an aromatic ring is 1. The third-order valence-corrected chi connectivity index (χ3v) is 3.93. The number of rotatable bonds is 6. The van der Waals surface area contributed by atoms with Crippen LogP contribution in [-0.4, -0.2) is 31.0 Å². The summed E-state index contributed by atoms with van der Waals surface area (Å²) in [5.41, 5.74) is 6.40. The third-order valence-electron chi connectivity index (χ3n) is 3.93. The first-order chi connectivity index (χ1) is 9.66. The standard InChI is InChI=1S/C16H24N2O2/c1-18(12-13-6-2-3-7-13)16(19)10-11-20-15-9-5-4-8-14(15)17/h4-5,8-9,13H,2-3,6-7,10-12,17H2,1H3. The van der Waals surface area contributed by atoms with Crippen LogP contribution in [-0.2, 0) is 4.79 Å². The molecule has 1 amide bonds. The van der Waals surface area contributed by atoms with E-state index in [1.807, 2.05) is 30.1 Å². The highest BCUT2D eigenvalue weighted by Crippen LogP contribution is 2.25. The van der Waals surface area contributed by atoms with E-state index in [0.29, 0.717) is 30.4 Å². The number of ether oxygens (including phenoxy) is 1. The van der Waals surface area contributed by atoms with E-state index in [-0.39, 0.29) is 5.91 Å². The molecule has 0 atom stereocenters. The number of anilines is 1. The summed E-state index contributed by atoms with van der Waals surface area (Å²) in [6, 6.07) is 7.36. The van der Waals surface area contributed by atoms with Gasteiger partial charge in [-0.2, -0.15) is 0 Å². The minimum atomic E-state index is 0.145. The first-order valence-corrected chi connectivity index (χ1v) is 7.38. The van der Waals surface area contributed by atoms with Crippen LogP contribution in [0.2, 0.25) is 0 Å². The van der Waals surface area contributed by atoms with Gasteiger partial charge < -0.3 is 15.4 Å². The molecule has 0 saturated heterocycles. The molecule has 0 unspecified atom stereocenters. The molecule has 1 aromatic rings. The van der Waals surface area contributed by atoms with E-state index in [2.05, 4.69) is 0 Å². The highest BCUT2D eigenvalue weighted by Gasteiger charge is 2.19. The maximum absolute atomic E-state index is 12.0. The van der Waals surface area contributed by atoms with Crippen LogP contribution < -0.4 is 10.5 Å². The Labute approximate surface area is 120 Å².